The van der Waals surface area contributed by atoms with E-state index in [2.05, 4.69) is 49.1 Å². The Balaban J connectivity index is 1.20. The summed E-state index contributed by atoms with van der Waals surface area (Å²) >= 11 is 6.99. The fourth-order valence-electron chi connectivity index (χ4n) is 5.87. The predicted molar refractivity (Wildman–Crippen MR) is 133 cm³/mol. The van der Waals surface area contributed by atoms with E-state index in [1.54, 1.807) is 13.2 Å². The van der Waals surface area contributed by atoms with Gasteiger partial charge in [0, 0.05) is 4.47 Å². The Bertz CT molecular complexity index is 1210. The van der Waals surface area contributed by atoms with Crippen LogP contribution in [-0.4, -0.2) is 30.1 Å². The summed E-state index contributed by atoms with van der Waals surface area (Å²) in [4.78, 5) is 26.2. The van der Waals surface area contributed by atoms with Crippen molar-refractivity contribution in [3.63, 3.8) is 0 Å². The number of halogens is 2. The number of imide groups is 1. The van der Waals surface area contributed by atoms with Crippen LogP contribution in [0.4, 0.5) is 0 Å². The Kier molecular flexibility index (Phi) is 5.41. The van der Waals surface area contributed by atoms with Crippen molar-refractivity contribution < 1.29 is 19.1 Å². The van der Waals surface area contributed by atoms with Gasteiger partial charge in [0.2, 0.25) is 0 Å². The second-order valence-corrected chi connectivity index (χ2v) is 11.1. The van der Waals surface area contributed by atoms with Crippen LogP contribution in [0.5, 0.6) is 11.5 Å². The van der Waals surface area contributed by atoms with E-state index < -0.39 is 0 Å². The van der Waals surface area contributed by atoms with Gasteiger partial charge in [0.25, 0.3) is 11.8 Å². The molecular weight excluding hydrogens is 564 g/mol. The number of ether oxygens (including phenoxy) is 2. The summed E-state index contributed by atoms with van der Waals surface area (Å²) in [5, 5.41) is 5.41. The van der Waals surface area contributed by atoms with Crippen LogP contribution >= 0.6 is 31.9 Å². The third kappa shape index (κ3) is 3.53. The first-order chi connectivity index (χ1) is 16.5. The van der Waals surface area contributed by atoms with Crippen molar-refractivity contribution in [1.29, 1.82) is 0 Å². The molecule has 174 valence electrons. The Morgan fingerprint density at radius 2 is 1.68 bits per heavy atom. The zero-order chi connectivity index (χ0) is 23.6. The number of carbonyl (C=O) groups is 2. The van der Waals surface area contributed by atoms with E-state index in [1.807, 2.05) is 30.3 Å². The molecule has 1 aliphatic heterocycles. The average Bonchev–Trinajstić information content (AvgIpc) is 3.62. The molecule has 34 heavy (non-hydrogen) atoms. The summed E-state index contributed by atoms with van der Waals surface area (Å²) < 4.78 is 13.2. The number of methoxy groups -OCH3 is 1. The van der Waals surface area contributed by atoms with Crippen LogP contribution < -0.4 is 9.47 Å². The van der Waals surface area contributed by atoms with Gasteiger partial charge in [-0.2, -0.15) is 10.1 Å². The number of hydrazone groups is 1. The molecule has 6 atom stereocenters. The second kappa shape index (κ2) is 8.34. The summed E-state index contributed by atoms with van der Waals surface area (Å²) in [6.45, 7) is 0.383. The van der Waals surface area contributed by atoms with Crippen LogP contribution in [0.15, 0.2) is 62.6 Å². The van der Waals surface area contributed by atoms with E-state index in [1.165, 1.54) is 6.21 Å². The van der Waals surface area contributed by atoms with Gasteiger partial charge in [0.05, 0.1) is 29.6 Å². The van der Waals surface area contributed by atoms with Crippen LogP contribution in [0.1, 0.15) is 17.5 Å². The molecule has 2 amide bonds. The number of carbonyl (C=O) groups excluding carboxylic acids is 2. The smallest absolute Gasteiger partial charge is 0.254 e. The van der Waals surface area contributed by atoms with Crippen molar-refractivity contribution in [2.45, 2.75) is 13.0 Å². The molecule has 1 heterocycles. The number of hydrogen-bond donors (Lipinski definition) is 0. The van der Waals surface area contributed by atoms with Crippen LogP contribution in [0.2, 0.25) is 0 Å². The highest BCUT2D eigenvalue weighted by Gasteiger charge is 2.67. The maximum absolute atomic E-state index is 13.1. The van der Waals surface area contributed by atoms with Crippen molar-refractivity contribution in [3.05, 3.63) is 68.6 Å². The first-order valence-corrected chi connectivity index (χ1v) is 12.9. The highest BCUT2D eigenvalue weighted by atomic mass is 79.9. The number of nitrogens with zero attached hydrogens (tertiary/aromatic N) is 2. The van der Waals surface area contributed by atoms with E-state index in [0.717, 1.165) is 21.5 Å². The molecular formula is C26H22Br2N2O4. The first-order valence-electron chi connectivity index (χ1n) is 11.3. The summed E-state index contributed by atoms with van der Waals surface area (Å²) in [5.41, 5.74) is 1.72. The maximum Gasteiger partial charge on any atom is 0.254 e. The van der Waals surface area contributed by atoms with E-state index in [4.69, 9.17) is 9.47 Å². The predicted octanol–water partition coefficient (Wildman–Crippen LogP) is 5.19. The molecule has 0 radical (unpaired) electrons. The third-order valence-electron chi connectivity index (χ3n) is 7.51. The number of hydrogen-bond acceptors (Lipinski definition) is 5. The molecule has 2 aromatic carbocycles. The minimum absolute atomic E-state index is 0.170. The van der Waals surface area contributed by atoms with Crippen molar-refractivity contribution >= 4 is 49.9 Å². The van der Waals surface area contributed by atoms with Crippen LogP contribution in [0, 0.1) is 35.5 Å². The summed E-state index contributed by atoms with van der Waals surface area (Å²) in [6, 6.07) is 11.5. The molecule has 7 rings (SSSR count). The lowest BCUT2D eigenvalue weighted by atomic mass is 9.63. The lowest BCUT2D eigenvalue weighted by molar-refractivity contribution is -0.140. The van der Waals surface area contributed by atoms with Gasteiger partial charge in [-0.25, -0.2) is 0 Å². The molecule has 1 saturated heterocycles. The lowest BCUT2D eigenvalue weighted by Gasteiger charge is -2.37. The van der Waals surface area contributed by atoms with Gasteiger partial charge >= 0.3 is 0 Å². The monoisotopic (exact) mass is 584 g/mol. The number of rotatable bonds is 6. The quantitative estimate of drug-likeness (QED) is 0.266. The molecule has 8 heteroatoms. The Hall–Kier alpha value is -2.45. The van der Waals surface area contributed by atoms with Crippen molar-refractivity contribution in [2.75, 3.05) is 7.11 Å². The molecule has 2 saturated carbocycles. The average molecular weight is 586 g/mol. The highest BCUT2D eigenvalue weighted by Crippen LogP contribution is 2.65. The number of allylic oxidation sites excluding steroid dienone is 2. The molecule has 4 aliphatic carbocycles. The third-order valence-corrected chi connectivity index (χ3v) is 8.63. The van der Waals surface area contributed by atoms with Crippen LogP contribution in [0.25, 0.3) is 0 Å². The molecule has 6 nitrogen and oxygen atoms in total. The standard InChI is InChI=1S/C26H22Br2N2O4/c1-33-21-9-14(8-20(28)24(21)34-12-13-2-4-15(27)5-3-13)11-29-30-25(31)22-16-6-7-17(19-10-18(16)19)23(22)26(30)32/h2-9,11,16-19,22-23H,10,12H2,1H3/b29-11-/t16-,17-,18-,19-,22+,23+/m0/s1. The summed E-state index contributed by atoms with van der Waals surface area (Å²) in [5.74, 6) is 1.78. The molecule has 2 bridgehead atoms. The molecule has 0 spiro atoms. The van der Waals surface area contributed by atoms with Gasteiger partial charge in [-0.3, -0.25) is 9.59 Å². The fourth-order valence-corrected chi connectivity index (χ4v) is 6.71. The zero-order valence-corrected chi connectivity index (χ0v) is 21.5. The minimum atomic E-state index is -0.251. The van der Waals surface area contributed by atoms with E-state index >= 15 is 0 Å². The Labute approximate surface area is 214 Å². The summed E-state index contributed by atoms with van der Waals surface area (Å²) in [6.07, 6.45) is 7.00. The Morgan fingerprint density at radius 3 is 2.29 bits per heavy atom. The van der Waals surface area contributed by atoms with Gasteiger partial charge in [0.1, 0.15) is 6.61 Å². The van der Waals surface area contributed by atoms with E-state index in [0.29, 0.717) is 40.0 Å². The molecule has 0 N–H and O–H groups in total. The van der Waals surface area contributed by atoms with Crippen LogP contribution in [0.3, 0.4) is 0 Å². The van der Waals surface area contributed by atoms with Crippen LogP contribution in [-0.2, 0) is 16.2 Å². The fraction of sp³-hybridized carbons (Fsp3) is 0.346. The highest BCUT2D eigenvalue weighted by molar-refractivity contribution is 9.10. The molecule has 2 aromatic rings. The number of amides is 2. The normalized spacial score (nSPS) is 30.6. The summed E-state index contributed by atoms with van der Waals surface area (Å²) in [7, 11) is 1.57. The van der Waals surface area contributed by atoms with Gasteiger partial charge in [0.15, 0.2) is 11.5 Å². The van der Waals surface area contributed by atoms with E-state index in [9.17, 15) is 9.59 Å². The van der Waals surface area contributed by atoms with Crippen molar-refractivity contribution in [1.82, 2.24) is 5.01 Å². The van der Waals surface area contributed by atoms with Crippen molar-refractivity contribution in [2.24, 2.45) is 40.6 Å². The van der Waals surface area contributed by atoms with Crippen molar-refractivity contribution in [3.8, 4) is 11.5 Å². The maximum atomic E-state index is 13.1. The molecule has 0 aromatic heterocycles. The van der Waals surface area contributed by atoms with Gasteiger partial charge in [-0.05, 0) is 81.4 Å². The first kappa shape index (κ1) is 22.0. The van der Waals surface area contributed by atoms with Gasteiger partial charge < -0.3 is 9.47 Å². The largest absolute Gasteiger partial charge is 0.493 e. The molecule has 0 unspecified atom stereocenters. The van der Waals surface area contributed by atoms with Gasteiger partial charge in [-0.15, -0.1) is 0 Å². The minimum Gasteiger partial charge on any atom is -0.493 e. The Morgan fingerprint density at radius 1 is 1.03 bits per heavy atom. The number of benzene rings is 2. The zero-order valence-electron chi connectivity index (χ0n) is 18.4. The van der Waals surface area contributed by atoms with Gasteiger partial charge in [-0.1, -0.05) is 40.2 Å². The topological polar surface area (TPSA) is 68.2 Å². The second-order valence-electron chi connectivity index (χ2n) is 9.34. The molecule has 3 fully saturated rings. The SMILES string of the molecule is COc1cc(/C=N\N2C(=O)[C@@H]3[C@H]4C=C[C@@H]([C@@H]5C[C@@H]45)[C@H]3C2=O)cc(Br)c1OCc1ccc(Br)cc1. The molecule has 5 aliphatic rings. The lowest BCUT2D eigenvalue weighted by Crippen LogP contribution is -2.40. The van der Waals surface area contributed by atoms with E-state index in [-0.39, 0.29) is 35.5 Å².